The zero-order valence-electron chi connectivity index (χ0n) is 11.8. The number of aromatic nitrogens is 3. The number of anilines is 2. The summed E-state index contributed by atoms with van der Waals surface area (Å²) in [6, 6.07) is 0.366. The van der Waals surface area contributed by atoms with Crippen molar-refractivity contribution in [2.75, 3.05) is 30.8 Å². The molecule has 2 rings (SSSR count). The standard InChI is InChI=1S/C13H23N5O/c1-3-19-13-17-11(14-2)16-12(18-13)15-9-8-10-6-4-5-7-10/h10H,3-9H2,1-2H3,(H2,14,15,16,17,18). The molecule has 1 aromatic rings. The molecule has 19 heavy (non-hydrogen) atoms. The van der Waals surface area contributed by atoms with Gasteiger partial charge in [-0.15, -0.1) is 0 Å². The number of nitrogens with zero attached hydrogens (tertiary/aromatic N) is 3. The summed E-state index contributed by atoms with van der Waals surface area (Å²) in [5, 5.41) is 6.18. The van der Waals surface area contributed by atoms with Gasteiger partial charge >= 0.3 is 6.01 Å². The Balaban J connectivity index is 1.88. The molecule has 1 aliphatic rings. The molecule has 0 unspecified atom stereocenters. The topological polar surface area (TPSA) is 72.0 Å². The molecule has 1 aliphatic carbocycles. The number of rotatable bonds is 7. The summed E-state index contributed by atoms with van der Waals surface area (Å²) in [4.78, 5) is 12.6. The maximum Gasteiger partial charge on any atom is 0.323 e. The van der Waals surface area contributed by atoms with Gasteiger partial charge in [0.2, 0.25) is 11.9 Å². The molecule has 0 radical (unpaired) electrons. The fourth-order valence-corrected chi connectivity index (χ4v) is 2.43. The molecule has 0 bridgehead atoms. The van der Waals surface area contributed by atoms with E-state index in [0.717, 1.165) is 12.5 Å². The van der Waals surface area contributed by atoms with Crippen LogP contribution in [0.25, 0.3) is 0 Å². The predicted octanol–water partition coefficient (Wildman–Crippen LogP) is 2.30. The highest BCUT2D eigenvalue weighted by Crippen LogP contribution is 2.27. The van der Waals surface area contributed by atoms with Gasteiger partial charge in [-0.1, -0.05) is 25.7 Å². The Morgan fingerprint density at radius 2 is 1.89 bits per heavy atom. The quantitative estimate of drug-likeness (QED) is 0.788. The monoisotopic (exact) mass is 265 g/mol. The Hall–Kier alpha value is -1.59. The summed E-state index contributed by atoms with van der Waals surface area (Å²) in [5.74, 6) is 1.98. The molecule has 0 spiro atoms. The van der Waals surface area contributed by atoms with E-state index in [9.17, 15) is 0 Å². The summed E-state index contributed by atoms with van der Waals surface area (Å²) in [5.41, 5.74) is 0. The highest BCUT2D eigenvalue weighted by molar-refractivity contribution is 5.35. The second-order valence-corrected chi connectivity index (χ2v) is 4.81. The van der Waals surface area contributed by atoms with Crippen molar-refractivity contribution in [3.63, 3.8) is 0 Å². The average molecular weight is 265 g/mol. The number of ether oxygens (including phenoxy) is 1. The molecule has 0 amide bonds. The molecule has 0 aromatic carbocycles. The average Bonchev–Trinajstić information content (AvgIpc) is 2.92. The van der Waals surface area contributed by atoms with Gasteiger partial charge in [0.05, 0.1) is 6.61 Å². The summed E-state index contributed by atoms with van der Waals surface area (Å²) < 4.78 is 5.33. The van der Waals surface area contributed by atoms with Crippen molar-refractivity contribution in [2.45, 2.75) is 39.0 Å². The fraction of sp³-hybridized carbons (Fsp3) is 0.769. The Kier molecular flexibility index (Phi) is 5.18. The van der Waals surface area contributed by atoms with E-state index in [4.69, 9.17) is 4.74 Å². The summed E-state index contributed by atoms with van der Waals surface area (Å²) in [6.07, 6.45) is 6.68. The van der Waals surface area contributed by atoms with E-state index >= 15 is 0 Å². The van der Waals surface area contributed by atoms with Gasteiger partial charge in [-0.2, -0.15) is 15.0 Å². The number of hydrogen-bond acceptors (Lipinski definition) is 6. The first kappa shape index (κ1) is 13.8. The fourth-order valence-electron chi connectivity index (χ4n) is 2.43. The second-order valence-electron chi connectivity index (χ2n) is 4.81. The van der Waals surface area contributed by atoms with Gasteiger partial charge in [0.15, 0.2) is 0 Å². The van der Waals surface area contributed by atoms with Crippen LogP contribution in [0.2, 0.25) is 0 Å². The van der Waals surface area contributed by atoms with Crippen LogP contribution in [0.15, 0.2) is 0 Å². The van der Waals surface area contributed by atoms with Crippen molar-refractivity contribution in [3.05, 3.63) is 0 Å². The van der Waals surface area contributed by atoms with Gasteiger partial charge in [0.1, 0.15) is 0 Å². The van der Waals surface area contributed by atoms with E-state index in [1.807, 2.05) is 6.92 Å². The van der Waals surface area contributed by atoms with E-state index in [1.165, 1.54) is 32.1 Å². The zero-order chi connectivity index (χ0) is 13.5. The van der Waals surface area contributed by atoms with Crippen LogP contribution in [0.5, 0.6) is 6.01 Å². The van der Waals surface area contributed by atoms with Gasteiger partial charge in [0, 0.05) is 13.6 Å². The van der Waals surface area contributed by atoms with Crippen LogP contribution in [0, 0.1) is 5.92 Å². The predicted molar refractivity (Wildman–Crippen MR) is 75.6 cm³/mol. The smallest absolute Gasteiger partial charge is 0.323 e. The first-order valence-corrected chi connectivity index (χ1v) is 7.12. The lowest BCUT2D eigenvalue weighted by Crippen LogP contribution is -2.12. The Morgan fingerprint density at radius 1 is 1.16 bits per heavy atom. The lowest BCUT2D eigenvalue weighted by Gasteiger charge is -2.11. The van der Waals surface area contributed by atoms with Crippen molar-refractivity contribution < 1.29 is 4.74 Å². The van der Waals surface area contributed by atoms with E-state index in [-0.39, 0.29) is 0 Å². The Bertz CT molecular complexity index is 393. The summed E-state index contributed by atoms with van der Waals surface area (Å²) in [7, 11) is 1.79. The lowest BCUT2D eigenvalue weighted by atomic mass is 10.0. The van der Waals surface area contributed by atoms with Crippen molar-refractivity contribution in [1.82, 2.24) is 15.0 Å². The van der Waals surface area contributed by atoms with Crippen molar-refractivity contribution in [3.8, 4) is 6.01 Å². The third kappa shape index (κ3) is 4.22. The third-order valence-electron chi connectivity index (χ3n) is 3.42. The van der Waals surface area contributed by atoms with E-state index in [1.54, 1.807) is 7.05 Å². The van der Waals surface area contributed by atoms with E-state index in [0.29, 0.717) is 24.5 Å². The largest absolute Gasteiger partial charge is 0.464 e. The molecule has 6 heteroatoms. The lowest BCUT2D eigenvalue weighted by molar-refractivity contribution is 0.312. The molecule has 106 valence electrons. The molecule has 1 aromatic heterocycles. The van der Waals surface area contributed by atoms with Crippen molar-refractivity contribution in [1.29, 1.82) is 0 Å². The van der Waals surface area contributed by atoms with Gasteiger partial charge < -0.3 is 15.4 Å². The molecule has 0 saturated heterocycles. The highest BCUT2D eigenvalue weighted by atomic mass is 16.5. The molecule has 6 nitrogen and oxygen atoms in total. The van der Waals surface area contributed by atoms with Crippen LogP contribution in [-0.2, 0) is 0 Å². The SMILES string of the molecule is CCOc1nc(NC)nc(NCCC2CCCC2)n1. The molecular formula is C13H23N5O. The van der Waals surface area contributed by atoms with Crippen LogP contribution in [0.1, 0.15) is 39.0 Å². The van der Waals surface area contributed by atoms with Crippen LogP contribution < -0.4 is 15.4 Å². The van der Waals surface area contributed by atoms with Gasteiger partial charge in [-0.25, -0.2) is 0 Å². The molecule has 0 atom stereocenters. The maximum absolute atomic E-state index is 5.33. The van der Waals surface area contributed by atoms with E-state index < -0.39 is 0 Å². The maximum atomic E-state index is 5.33. The minimum absolute atomic E-state index is 0.366. The van der Waals surface area contributed by atoms with Crippen LogP contribution >= 0.6 is 0 Å². The summed E-state index contributed by atoms with van der Waals surface area (Å²) >= 11 is 0. The molecule has 1 heterocycles. The van der Waals surface area contributed by atoms with Gasteiger partial charge in [-0.05, 0) is 19.3 Å². The Labute approximate surface area is 114 Å². The first-order valence-electron chi connectivity index (χ1n) is 7.12. The van der Waals surface area contributed by atoms with Gasteiger partial charge in [-0.3, -0.25) is 0 Å². The molecule has 1 saturated carbocycles. The van der Waals surface area contributed by atoms with Crippen LogP contribution in [0.4, 0.5) is 11.9 Å². The minimum Gasteiger partial charge on any atom is -0.464 e. The first-order chi connectivity index (χ1) is 9.31. The minimum atomic E-state index is 0.366. The Morgan fingerprint density at radius 3 is 2.58 bits per heavy atom. The third-order valence-corrected chi connectivity index (χ3v) is 3.42. The van der Waals surface area contributed by atoms with Crippen molar-refractivity contribution in [2.24, 2.45) is 5.92 Å². The summed E-state index contributed by atoms with van der Waals surface area (Å²) in [6.45, 7) is 3.37. The van der Waals surface area contributed by atoms with E-state index in [2.05, 4.69) is 25.6 Å². The van der Waals surface area contributed by atoms with Crippen LogP contribution in [-0.4, -0.2) is 35.2 Å². The highest BCUT2D eigenvalue weighted by Gasteiger charge is 2.14. The normalized spacial score (nSPS) is 15.5. The molecule has 1 fully saturated rings. The van der Waals surface area contributed by atoms with Crippen molar-refractivity contribution >= 4 is 11.9 Å². The number of hydrogen-bond donors (Lipinski definition) is 2. The number of nitrogens with one attached hydrogen (secondary N) is 2. The molecular weight excluding hydrogens is 242 g/mol. The second kappa shape index (κ2) is 7.11. The van der Waals surface area contributed by atoms with Gasteiger partial charge in [0.25, 0.3) is 0 Å². The molecule has 0 aliphatic heterocycles. The van der Waals surface area contributed by atoms with Crippen LogP contribution in [0.3, 0.4) is 0 Å². The zero-order valence-corrected chi connectivity index (χ0v) is 11.8. The molecule has 2 N–H and O–H groups in total.